The Kier molecular flexibility index (Phi) is 13.5. The summed E-state index contributed by atoms with van der Waals surface area (Å²) < 4.78 is 46.3. The van der Waals surface area contributed by atoms with Crippen LogP contribution in [0.3, 0.4) is 0 Å². The minimum absolute atomic E-state index is 0.0442. The summed E-state index contributed by atoms with van der Waals surface area (Å²) in [4.78, 5) is 30.1. The summed E-state index contributed by atoms with van der Waals surface area (Å²) in [6.45, 7) is 5.44. The van der Waals surface area contributed by atoms with E-state index in [0.29, 0.717) is 35.1 Å². The van der Waals surface area contributed by atoms with Gasteiger partial charge in [0.2, 0.25) is 11.8 Å². The summed E-state index contributed by atoms with van der Waals surface area (Å²) in [5, 5.41) is 3.44. The third-order valence-electron chi connectivity index (χ3n) is 8.23. The van der Waals surface area contributed by atoms with Gasteiger partial charge in [0.05, 0.1) is 31.4 Å². The Balaban J connectivity index is 1.85. The summed E-state index contributed by atoms with van der Waals surface area (Å²) in [6, 6.07) is 25.9. The molecule has 4 aromatic carbocycles. The molecule has 0 aliphatic rings. The number of halogens is 1. The van der Waals surface area contributed by atoms with Gasteiger partial charge in [0.25, 0.3) is 10.0 Å². The predicted molar refractivity (Wildman–Crippen MR) is 196 cm³/mol. The first kappa shape index (κ1) is 38.1. The standard InChI is InChI=1S/C38H44ClN3O7S/c1-6-27(3)40-38(44)34(23-28-13-9-8-10-14-28)41(25-29-15-11-12-16-33(29)39)37(43)26-42(30-17-19-31(20-18-30)49-7-2)50(45,46)32-21-22-35(47-4)36(24-32)48-5/h8-22,24,27,34H,6-7,23,25-26H2,1-5H3,(H,40,44). The highest BCUT2D eigenvalue weighted by molar-refractivity contribution is 7.92. The van der Waals surface area contributed by atoms with E-state index in [2.05, 4.69) is 5.32 Å². The van der Waals surface area contributed by atoms with Crippen molar-refractivity contribution < 1.29 is 32.2 Å². The van der Waals surface area contributed by atoms with Crippen molar-refractivity contribution in [3.8, 4) is 17.2 Å². The number of nitrogens with one attached hydrogen (secondary N) is 1. The van der Waals surface area contributed by atoms with Gasteiger partial charge in [-0.05, 0) is 73.9 Å². The molecule has 4 aromatic rings. The van der Waals surface area contributed by atoms with Crippen molar-refractivity contribution in [2.75, 3.05) is 31.7 Å². The number of carbonyl (C=O) groups excluding carboxylic acids is 2. The van der Waals surface area contributed by atoms with Gasteiger partial charge in [-0.25, -0.2) is 8.42 Å². The number of amides is 2. The van der Waals surface area contributed by atoms with Gasteiger partial charge in [-0.1, -0.05) is 67.1 Å². The molecule has 2 atom stereocenters. The third-order valence-corrected chi connectivity index (χ3v) is 10.4. The maximum atomic E-state index is 14.7. The van der Waals surface area contributed by atoms with Gasteiger partial charge in [0, 0.05) is 30.1 Å². The Hall–Kier alpha value is -4.74. The summed E-state index contributed by atoms with van der Waals surface area (Å²) in [6.07, 6.45) is 0.863. The fourth-order valence-electron chi connectivity index (χ4n) is 5.31. The first-order chi connectivity index (χ1) is 24.0. The molecule has 50 heavy (non-hydrogen) atoms. The molecule has 4 rings (SSSR count). The quantitative estimate of drug-likeness (QED) is 0.132. The molecule has 2 unspecified atom stereocenters. The lowest BCUT2D eigenvalue weighted by Crippen LogP contribution is -2.54. The van der Waals surface area contributed by atoms with Gasteiger partial charge in [0.1, 0.15) is 18.3 Å². The van der Waals surface area contributed by atoms with Crippen LogP contribution in [0.2, 0.25) is 5.02 Å². The average Bonchev–Trinajstić information content (AvgIpc) is 3.13. The van der Waals surface area contributed by atoms with Crippen LogP contribution in [0.4, 0.5) is 5.69 Å². The maximum absolute atomic E-state index is 14.7. The molecule has 0 fully saturated rings. The van der Waals surface area contributed by atoms with Crippen LogP contribution >= 0.6 is 11.6 Å². The number of ether oxygens (including phenoxy) is 3. The Morgan fingerprint density at radius 1 is 0.860 bits per heavy atom. The van der Waals surface area contributed by atoms with E-state index >= 15 is 0 Å². The number of benzene rings is 4. The molecule has 0 spiro atoms. The van der Waals surface area contributed by atoms with Gasteiger partial charge in [0.15, 0.2) is 11.5 Å². The van der Waals surface area contributed by atoms with Crippen LogP contribution in [-0.2, 0) is 32.6 Å². The molecule has 2 amide bonds. The number of carbonyl (C=O) groups is 2. The smallest absolute Gasteiger partial charge is 0.264 e. The fraction of sp³-hybridized carbons (Fsp3) is 0.316. The second-order valence-corrected chi connectivity index (χ2v) is 13.9. The average molecular weight is 722 g/mol. The molecule has 0 saturated heterocycles. The SMILES string of the molecule is CCOc1ccc(N(CC(=O)N(Cc2ccccc2Cl)C(Cc2ccccc2)C(=O)NC(C)CC)S(=O)(=O)c2ccc(OC)c(OC)c2)cc1. The van der Waals surface area contributed by atoms with Crippen LogP contribution < -0.4 is 23.8 Å². The Morgan fingerprint density at radius 2 is 1.52 bits per heavy atom. The predicted octanol–water partition coefficient (Wildman–Crippen LogP) is 6.51. The van der Waals surface area contributed by atoms with Crippen molar-refractivity contribution in [2.45, 2.75) is 57.1 Å². The largest absolute Gasteiger partial charge is 0.494 e. The van der Waals surface area contributed by atoms with Gasteiger partial charge in [-0.2, -0.15) is 0 Å². The normalized spacial score (nSPS) is 12.4. The fourth-order valence-corrected chi connectivity index (χ4v) is 6.94. The lowest BCUT2D eigenvalue weighted by atomic mass is 10.0. The van der Waals surface area contributed by atoms with Gasteiger partial charge in [-0.15, -0.1) is 0 Å². The van der Waals surface area contributed by atoms with Crippen molar-refractivity contribution in [3.05, 3.63) is 113 Å². The molecule has 0 aliphatic heterocycles. The molecule has 0 saturated carbocycles. The number of methoxy groups -OCH3 is 2. The zero-order valence-corrected chi connectivity index (χ0v) is 30.5. The highest BCUT2D eigenvalue weighted by Crippen LogP contribution is 2.33. The van der Waals surface area contributed by atoms with Crippen LogP contribution in [0.25, 0.3) is 0 Å². The first-order valence-electron chi connectivity index (χ1n) is 16.4. The van der Waals surface area contributed by atoms with Crippen molar-refractivity contribution in [3.63, 3.8) is 0 Å². The van der Waals surface area contributed by atoms with E-state index in [9.17, 15) is 18.0 Å². The van der Waals surface area contributed by atoms with Crippen molar-refractivity contribution in [1.82, 2.24) is 10.2 Å². The Morgan fingerprint density at radius 3 is 2.14 bits per heavy atom. The molecule has 0 aliphatic carbocycles. The molecule has 0 aromatic heterocycles. The van der Waals surface area contributed by atoms with Crippen LogP contribution in [0.1, 0.15) is 38.3 Å². The summed E-state index contributed by atoms with van der Waals surface area (Å²) in [5.41, 5.74) is 1.65. The number of anilines is 1. The minimum atomic E-state index is -4.39. The molecule has 10 nitrogen and oxygen atoms in total. The molecule has 12 heteroatoms. The molecule has 0 heterocycles. The van der Waals surface area contributed by atoms with Crippen molar-refractivity contribution >= 4 is 39.1 Å². The topological polar surface area (TPSA) is 114 Å². The van der Waals surface area contributed by atoms with E-state index in [1.165, 1.54) is 37.3 Å². The van der Waals surface area contributed by atoms with E-state index in [-0.39, 0.29) is 41.2 Å². The zero-order valence-electron chi connectivity index (χ0n) is 29.0. The lowest BCUT2D eigenvalue weighted by molar-refractivity contribution is -0.140. The third kappa shape index (κ3) is 9.48. The van der Waals surface area contributed by atoms with E-state index in [1.807, 2.05) is 51.1 Å². The van der Waals surface area contributed by atoms with E-state index in [1.54, 1.807) is 48.5 Å². The maximum Gasteiger partial charge on any atom is 0.264 e. The summed E-state index contributed by atoms with van der Waals surface area (Å²) in [7, 11) is -1.53. The summed E-state index contributed by atoms with van der Waals surface area (Å²) in [5.74, 6) is 0.117. The number of rotatable bonds is 17. The number of nitrogens with zero attached hydrogens (tertiary/aromatic N) is 2. The van der Waals surface area contributed by atoms with E-state index < -0.39 is 28.5 Å². The van der Waals surface area contributed by atoms with E-state index in [4.69, 9.17) is 25.8 Å². The number of sulfonamides is 1. The van der Waals surface area contributed by atoms with E-state index in [0.717, 1.165) is 9.87 Å². The number of hydrogen-bond acceptors (Lipinski definition) is 7. The Labute approximate surface area is 300 Å². The zero-order chi connectivity index (χ0) is 36.3. The molecular formula is C38H44ClN3O7S. The highest BCUT2D eigenvalue weighted by atomic mass is 35.5. The second kappa shape index (κ2) is 17.8. The van der Waals surface area contributed by atoms with Crippen LogP contribution in [0, 0.1) is 0 Å². The molecule has 1 N–H and O–H groups in total. The van der Waals surface area contributed by atoms with Crippen LogP contribution in [0.5, 0.6) is 17.2 Å². The first-order valence-corrected chi connectivity index (χ1v) is 18.2. The van der Waals surface area contributed by atoms with Crippen LogP contribution in [0.15, 0.2) is 102 Å². The van der Waals surface area contributed by atoms with Gasteiger partial charge >= 0.3 is 0 Å². The Bertz CT molecular complexity index is 1840. The van der Waals surface area contributed by atoms with Crippen molar-refractivity contribution in [2.24, 2.45) is 0 Å². The number of hydrogen-bond donors (Lipinski definition) is 1. The molecule has 266 valence electrons. The van der Waals surface area contributed by atoms with Crippen molar-refractivity contribution in [1.29, 1.82) is 0 Å². The molecule has 0 bridgehead atoms. The van der Waals surface area contributed by atoms with Gasteiger partial charge in [-0.3, -0.25) is 13.9 Å². The molecule has 0 radical (unpaired) electrons. The van der Waals surface area contributed by atoms with Gasteiger partial charge < -0.3 is 24.4 Å². The highest BCUT2D eigenvalue weighted by Gasteiger charge is 2.35. The monoisotopic (exact) mass is 721 g/mol. The minimum Gasteiger partial charge on any atom is -0.494 e. The summed E-state index contributed by atoms with van der Waals surface area (Å²) >= 11 is 6.59. The second-order valence-electron chi connectivity index (χ2n) is 11.6. The lowest BCUT2D eigenvalue weighted by Gasteiger charge is -2.34. The van der Waals surface area contributed by atoms with Crippen LogP contribution in [-0.4, -0.2) is 64.6 Å². The molecular weight excluding hydrogens is 678 g/mol.